The standard InChI is InChI=1S/C13H26N2OS.ClH/c1-10(2)8-11-4-6-15(9-11)13(16)12(14)5-7-17-3;/h10-12H,4-9,14H2,1-3H3;1H/t11?,12-;/m0./s1. The lowest BCUT2D eigenvalue weighted by molar-refractivity contribution is -0.131. The second kappa shape index (κ2) is 9.05. The van der Waals surface area contributed by atoms with Gasteiger partial charge in [0.25, 0.3) is 0 Å². The predicted molar refractivity (Wildman–Crippen MR) is 82.4 cm³/mol. The van der Waals surface area contributed by atoms with Crippen molar-refractivity contribution >= 4 is 30.1 Å². The number of nitrogens with zero attached hydrogens (tertiary/aromatic N) is 1. The zero-order valence-corrected chi connectivity index (χ0v) is 13.4. The summed E-state index contributed by atoms with van der Waals surface area (Å²) in [5, 5.41) is 0. The quantitative estimate of drug-likeness (QED) is 0.818. The Morgan fingerprint density at radius 3 is 2.72 bits per heavy atom. The molecule has 0 saturated carbocycles. The van der Waals surface area contributed by atoms with Gasteiger partial charge in [-0.25, -0.2) is 0 Å². The highest BCUT2D eigenvalue weighted by molar-refractivity contribution is 7.98. The van der Waals surface area contributed by atoms with Crippen LogP contribution in [-0.2, 0) is 4.79 Å². The Morgan fingerprint density at radius 1 is 1.50 bits per heavy atom. The van der Waals surface area contributed by atoms with Gasteiger partial charge < -0.3 is 10.6 Å². The number of likely N-dealkylation sites (tertiary alicyclic amines) is 1. The Bertz CT molecular complexity index is 251. The highest BCUT2D eigenvalue weighted by atomic mass is 35.5. The van der Waals surface area contributed by atoms with E-state index < -0.39 is 0 Å². The fraction of sp³-hybridized carbons (Fsp3) is 0.923. The van der Waals surface area contributed by atoms with Crippen LogP contribution < -0.4 is 5.73 Å². The van der Waals surface area contributed by atoms with Gasteiger partial charge in [-0.1, -0.05) is 13.8 Å². The van der Waals surface area contributed by atoms with Crippen molar-refractivity contribution in [3.8, 4) is 0 Å². The number of amides is 1. The Hall–Kier alpha value is 0.0700. The molecule has 1 saturated heterocycles. The van der Waals surface area contributed by atoms with Crippen molar-refractivity contribution in [2.75, 3.05) is 25.1 Å². The van der Waals surface area contributed by atoms with E-state index in [0.29, 0.717) is 5.92 Å². The average Bonchev–Trinajstić information content (AvgIpc) is 2.72. The Labute approximate surface area is 122 Å². The summed E-state index contributed by atoms with van der Waals surface area (Å²) >= 11 is 1.75. The summed E-state index contributed by atoms with van der Waals surface area (Å²) < 4.78 is 0. The molecule has 3 nitrogen and oxygen atoms in total. The molecule has 1 aliphatic heterocycles. The number of thioether (sulfide) groups is 1. The first-order chi connectivity index (χ1) is 8.04. The van der Waals surface area contributed by atoms with E-state index >= 15 is 0 Å². The van der Waals surface area contributed by atoms with E-state index in [2.05, 4.69) is 13.8 Å². The van der Waals surface area contributed by atoms with Gasteiger partial charge in [-0.15, -0.1) is 12.4 Å². The van der Waals surface area contributed by atoms with Crippen LogP contribution in [0.15, 0.2) is 0 Å². The van der Waals surface area contributed by atoms with Crippen LogP contribution in [-0.4, -0.2) is 41.9 Å². The van der Waals surface area contributed by atoms with E-state index in [1.165, 1.54) is 6.42 Å². The van der Waals surface area contributed by atoms with Crippen LogP contribution in [0.4, 0.5) is 0 Å². The van der Waals surface area contributed by atoms with Crippen molar-refractivity contribution in [1.82, 2.24) is 4.90 Å². The van der Waals surface area contributed by atoms with Gasteiger partial charge in [-0.05, 0) is 43.1 Å². The summed E-state index contributed by atoms with van der Waals surface area (Å²) in [6.45, 7) is 6.32. The lowest BCUT2D eigenvalue weighted by Crippen LogP contribution is -2.43. The molecular formula is C13H27ClN2OS. The van der Waals surface area contributed by atoms with E-state index in [1.807, 2.05) is 11.2 Å². The Balaban J connectivity index is 0.00000289. The van der Waals surface area contributed by atoms with E-state index in [4.69, 9.17) is 5.73 Å². The number of hydrogen-bond donors (Lipinski definition) is 1. The zero-order valence-electron chi connectivity index (χ0n) is 11.7. The molecule has 18 heavy (non-hydrogen) atoms. The van der Waals surface area contributed by atoms with Gasteiger partial charge in [0.15, 0.2) is 0 Å². The van der Waals surface area contributed by atoms with Gasteiger partial charge in [0.1, 0.15) is 0 Å². The highest BCUT2D eigenvalue weighted by Gasteiger charge is 2.29. The summed E-state index contributed by atoms with van der Waals surface area (Å²) in [4.78, 5) is 14.0. The SMILES string of the molecule is CSCC[C@H](N)C(=O)N1CCC(CC(C)C)C1.Cl. The molecule has 2 N–H and O–H groups in total. The summed E-state index contributed by atoms with van der Waals surface area (Å²) in [5.74, 6) is 2.54. The summed E-state index contributed by atoms with van der Waals surface area (Å²) in [6, 6.07) is -0.291. The smallest absolute Gasteiger partial charge is 0.239 e. The third-order valence-electron chi connectivity index (χ3n) is 3.35. The second-order valence-electron chi connectivity index (χ2n) is 5.46. The van der Waals surface area contributed by atoms with Crippen molar-refractivity contribution in [3.05, 3.63) is 0 Å². The molecule has 2 atom stereocenters. The molecule has 0 spiro atoms. The van der Waals surface area contributed by atoms with Gasteiger partial charge in [0.2, 0.25) is 5.91 Å². The molecule has 5 heteroatoms. The number of hydrogen-bond acceptors (Lipinski definition) is 3. The predicted octanol–water partition coefficient (Wildman–Crippen LogP) is 2.38. The van der Waals surface area contributed by atoms with Crippen LogP contribution in [0.1, 0.15) is 33.1 Å². The van der Waals surface area contributed by atoms with Crippen molar-refractivity contribution in [2.24, 2.45) is 17.6 Å². The van der Waals surface area contributed by atoms with E-state index in [9.17, 15) is 4.79 Å². The van der Waals surface area contributed by atoms with Gasteiger partial charge >= 0.3 is 0 Å². The number of halogens is 1. The summed E-state index contributed by atoms with van der Waals surface area (Å²) in [7, 11) is 0. The first-order valence-electron chi connectivity index (χ1n) is 6.58. The van der Waals surface area contributed by atoms with Crippen molar-refractivity contribution in [2.45, 2.75) is 39.2 Å². The minimum absolute atomic E-state index is 0. The molecule has 108 valence electrons. The van der Waals surface area contributed by atoms with Crippen molar-refractivity contribution in [1.29, 1.82) is 0 Å². The minimum Gasteiger partial charge on any atom is -0.341 e. The van der Waals surface area contributed by atoms with Gasteiger partial charge in [0.05, 0.1) is 6.04 Å². The summed E-state index contributed by atoms with van der Waals surface area (Å²) in [5.41, 5.74) is 5.93. The molecule has 1 rings (SSSR count). The van der Waals surface area contributed by atoms with Crippen LogP contribution in [0.2, 0.25) is 0 Å². The van der Waals surface area contributed by atoms with E-state index in [1.54, 1.807) is 11.8 Å². The van der Waals surface area contributed by atoms with Crippen LogP contribution in [0.5, 0.6) is 0 Å². The molecule has 1 fully saturated rings. The third-order valence-corrected chi connectivity index (χ3v) is 4.00. The molecule has 0 aromatic rings. The number of carbonyl (C=O) groups is 1. The summed E-state index contributed by atoms with van der Waals surface area (Å²) in [6.07, 6.45) is 5.22. The molecule has 1 heterocycles. The second-order valence-corrected chi connectivity index (χ2v) is 6.44. The van der Waals surface area contributed by atoms with Crippen LogP contribution in [0.3, 0.4) is 0 Å². The normalized spacial score (nSPS) is 20.9. The molecule has 1 aliphatic rings. The lowest BCUT2D eigenvalue weighted by Gasteiger charge is -2.21. The van der Waals surface area contributed by atoms with Crippen LogP contribution in [0.25, 0.3) is 0 Å². The minimum atomic E-state index is -0.291. The third kappa shape index (κ3) is 5.81. The maximum absolute atomic E-state index is 12.1. The Morgan fingerprint density at radius 2 is 2.17 bits per heavy atom. The molecule has 0 bridgehead atoms. The molecule has 0 aromatic carbocycles. The van der Waals surface area contributed by atoms with E-state index in [0.717, 1.165) is 37.6 Å². The number of nitrogens with two attached hydrogens (primary N) is 1. The monoisotopic (exact) mass is 294 g/mol. The number of carbonyl (C=O) groups excluding carboxylic acids is 1. The van der Waals surface area contributed by atoms with Crippen LogP contribution in [0, 0.1) is 11.8 Å². The fourth-order valence-electron chi connectivity index (χ4n) is 2.49. The number of rotatable bonds is 6. The van der Waals surface area contributed by atoms with Crippen molar-refractivity contribution < 1.29 is 4.79 Å². The van der Waals surface area contributed by atoms with Crippen LogP contribution >= 0.6 is 24.2 Å². The molecule has 1 amide bonds. The average molecular weight is 295 g/mol. The molecule has 0 aliphatic carbocycles. The first-order valence-corrected chi connectivity index (χ1v) is 7.97. The molecule has 0 radical (unpaired) electrons. The largest absolute Gasteiger partial charge is 0.341 e. The lowest BCUT2D eigenvalue weighted by atomic mass is 9.97. The highest BCUT2D eigenvalue weighted by Crippen LogP contribution is 2.23. The van der Waals surface area contributed by atoms with Gasteiger partial charge in [0, 0.05) is 13.1 Å². The molecule has 1 unspecified atom stereocenters. The topological polar surface area (TPSA) is 46.3 Å². The Kier molecular flexibility index (Phi) is 9.09. The maximum Gasteiger partial charge on any atom is 0.239 e. The van der Waals surface area contributed by atoms with Crippen molar-refractivity contribution in [3.63, 3.8) is 0 Å². The fourth-order valence-corrected chi connectivity index (χ4v) is 2.98. The zero-order chi connectivity index (χ0) is 12.8. The van der Waals surface area contributed by atoms with E-state index in [-0.39, 0.29) is 24.4 Å². The van der Waals surface area contributed by atoms with Gasteiger partial charge in [-0.2, -0.15) is 11.8 Å². The molecule has 0 aromatic heterocycles. The maximum atomic E-state index is 12.1. The van der Waals surface area contributed by atoms with Gasteiger partial charge in [-0.3, -0.25) is 4.79 Å². The first kappa shape index (κ1) is 18.1. The molecular weight excluding hydrogens is 268 g/mol.